The number of nitrogens with zero attached hydrogens (tertiary/aromatic N) is 2. The molecule has 3 aromatic rings. The fourth-order valence-electron chi connectivity index (χ4n) is 3.67. The molecule has 1 saturated carbocycles. The van der Waals surface area contributed by atoms with Crippen molar-refractivity contribution in [2.24, 2.45) is 5.92 Å². The minimum Gasteiger partial charge on any atom is -0.486 e. The number of carbonyl (C=O) groups is 1. The first-order valence-corrected chi connectivity index (χ1v) is 10.2. The number of para-hydroxylation sites is 1. The summed E-state index contributed by atoms with van der Waals surface area (Å²) in [5.41, 5.74) is 2.91. The van der Waals surface area contributed by atoms with Crippen molar-refractivity contribution in [3.8, 4) is 17.2 Å². The second kappa shape index (κ2) is 8.06. The maximum absolute atomic E-state index is 12.6. The van der Waals surface area contributed by atoms with Crippen molar-refractivity contribution in [1.82, 2.24) is 15.1 Å². The van der Waals surface area contributed by atoms with Crippen molar-refractivity contribution in [3.63, 3.8) is 0 Å². The molecule has 1 aliphatic heterocycles. The van der Waals surface area contributed by atoms with Crippen LogP contribution in [-0.2, 0) is 4.79 Å². The number of fused-ring (bicyclic) bond motifs is 1. The Balaban J connectivity index is 1.27. The van der Waals surface area contributed by atoms with Crippen molar-refractivity contribution in [3.05, 3.63) is 78.1 Å². The topological polar surface area (TPSA) is 65.4 Å². The minimum atomic E-state index is -0.116. The number of benzene rings is 2. The molecule has 2 aromatic carbocycles. The number of hydrogen-bond acceptors (Lipinski definition) is 4. The third-order valence-corrected chi connectivity index (χ3v) is 5.37. The molecule has 1 N–H and O–H groups in total. The normalized spacial score (nSPS) is 16.4. The molecule has 0 bridgehead atoms. The van der Waals surface area contributed by atoms with Crippen molar-refractivity contribution >= 4 is 12.0 Å². The van der Waals surface area contributed by atoms with E-state index >= 15 is 0 Å². The first-order valence-electron chi connectivity index (χ1n) is 10.2. The summed E-state index contributed by atoms with van der Waals surface area (Å²) in [5, 5.41) is 7.52. The Hall–Kier alpha value is -3.54. The second-order valence-electron chi connectivity index (χ2n) is 7.61. The molecular weight excluding hydrogens is 378 g/mol. The van der Waals surface area contributed by atoms with E-state index < -0.39 is 0 Å². The average molecular weight is 401 g/mol. The standard InChI is InChI=1S/C24H23N3O3/c28-23(11-6-17-15-25-27(16-17)20-4-2-1-3-5-20)26-24(18-7-8-18)19-9-10-21-22(14-19)30-13-12-29-21/h1-6,9-11,14-16,18,24H,7-8,12-13H2,(H,26,28)/b11-6+. The van der Waals surface area contributed by atoms with E-state index in [1.54, 1.807) is 23.0 Å². The van der Waals surface area contributed by atoms with Gasteiger partial charge in [-0.1, -0.05) is 24.3 Å². The van der Waals surface area contributed by atoms with Gasteiger partial charge >= 0.3 is 0 Å². The lowest BCUT2D eigenvalue weighted by Crippen LogP contribution is -2.28. The first kappa shape index (κ1) is 18.5. The lowest BCUT2D eigenvalue weighted by atomic mass is 10.0. The monoisotopic (exact) mass is 401 g/mol. The highest BCUT2D eigenvalue weighted by atomic mass is 16.6. The van der Waals surface area contributed by atoms with Crippen LogP contribution in [0, 0.1) is 5.92 Å². The predicted octanol–water partition coefficient (Wildman–Crippen LogP) is 3.92. The molecular formula is C24H23N3O3. The molecule has 0 saturated heterocycles. The van der Waals surface area contributed by atoms with Gasteiger partial charge < -0.3 is 14.8 Å². The Morgan fingerprint density at radius 2 is 1.90 bits per heavy atom. The number of hydrogen-bond donors (Lipinski definition) is 1. The van der Waals surface area contributed by atoms with E-state index in [9.17, 15) is 4.79 Å². The summed E-state index contributed by atoms with van der Waals surface area (Å²) in [6.45, 7) is 1.12. The fraction of sp³-hybridized carbons (Fsp3) is 0.250. The SMILES string of the molecule is O=C(/C=C/c1cnn(-c2ccccc2)c1)NC(c1ccc2c(c1)OCCO2)C1CC1. The maximum atomic E-state index is 12.6. The van der Waals surface area contributed by atoms with Crippen LogP contribution in [-0.4, -0.2) is 28.9 Å². The smallest absolute Gasteiger partial charge is 0.244 e. The Bertz CT molecular complexity index is 1070. The molecule has 5 rings (SSSR count). The maximum Gasteiger partial charge on any atom is 0.244 e. The zero-order valence-corrected chi connectivity index (χ0v) is 16.5. The average Bonchev–Trinajstić information content (AvgIpc) is 3.53. The van der Waals surface area contributed by atoms with Gasteiger partial charge in [0.05, 0.1) is 17.9 Å². The molecule has 1 unspecified atom stereocenters. The number of nitrogens with one attached hydrogen (secondary N) is 1. The van der Waals surface area contributed by atoms with Crippen LogP contribution in [0.3, 0.4) is 0 Å². The van der Waals surface area contributed by atoms with Crippen LogP contribution < -0.4 is 14.8 Å². The highest BCUT2D eigenvalue weighted by molar-refractivity contribution is 5.92. The van der Waals surface area contributed by atoms with Gasteiger partial charge in [0, 0.05) is 17.8 Å². The third kappa shape index (κ3) is 4.08. The summed E-state index contributed by atoms with van der Waals surface area (Å²) in [4.78, 5) is 12.6. The molecule has 1 aliphatic carbocycles. The van der Waals surface area contributed by atoms with E-state index in [0.29, 0.717) is 19.1 Å². The van der Waals surface area contributed by atoms with E-state index in [4.69, 9.17) is 9.47 Å². The molecule has 6 nitrogen and oxygen atoms in total. The van der Waals surface area contributed by atoms with Crippen molar-refractivity contribution in [2.45, 2.75) is 18.9 Å². The number of aromatic nitrogens is 2. The van der Waals surface area contributed by atoms with Gasteiger partial charge in [0.25, 0.3) is 0 Å². The highest BCUT2D eigenvalue weighted by Gasteiger charge is 2.33. The molecule has 1 amide bonds. The van der Waals surface area contributed by atoms with Gasteiger partial charge in [-0.2, -0.15) is 5.10 Å². The summed E-state index contributed by atoms with van der Waals surface area (Å²) < 4.78 is 13.1. The van der Waals surface area contributed by atoms with E-state index in [1.165, 1.54) is 0 Å². The number of rotatable bonds is 6. The van der Waals surface area contributed by atoms with Gasteiger partial charge in [-0.25, -0.2) is 4.68 Å². The number of amides is 1. The van der Waals surface area contributed by atoms with E-state index in [1.807, 2.05) is 54.7 Å². The molecule has 0 spiro atoms. The minimum absolute atomic E-state index is 0.0231. The third-order valence-electron chi connectivity index (χ3n) is 5.37. The molecule has 6 heteroatoms. The van der Waals surface area contributed by atoms with Crippen molar-refractivity contribution < 1.29 is 14.3 Å². The van der Waals surface area contributed by atoms with Crippen LogP contribution in [0.4, 0.5) is 0 Å². The van der Waals surface area contributed by atoms with Gasteiger partial charge in [-0.3, -0.25) is 4.79 Å². The zero-order valence-electron chi connectivity index (χ0n) is 16.5. The van der Waals surface area contributed by atoms with E-state index in [0.717, 1.165) is 41.2 Å². The molecule has 2 heterocycles. The van der Waals surface area contributed by atoms with Gasteiger partial charge in [-0.15, -0.1) is 0 Å². The van der Waals surface area contributed by atoms with Crippen LogP contribution in [0.1, 0.15) is 30.0 Å². The van der Waals surface area contributed by atoms with Crippen LogP contribution in [0.5, 0.6) is 11.5 Å². The predicted molar refractivity (Wildman–Crippen MR) is 114 cm³/mol. The summed E-state index contributed by atoms with van der Waals surface area (Å²) >= 11 is 0. The summed E-state index contributed by atoms with van der Waals surface area (Å²) in [6.07, 6.45) is 9.24. The quantitative estimate of drug-likeness (QED) is 0.636. The van der Waals surface area contributed by atoms with Crippen molar-refractivity contribution in [2.75, 3.05) is 13.2 Å². The van der Waals surface area contributed by atoms with Gasteiger partial charge in [0.15, 0.2) is 11.5 Å². The summed E-state index contributed by atoms with van der Waals surface area (Å²) in [7, 11) is 0. The van der Waals surface area contributed by atoms with E-state index in [-0.39, 0.29) is 11.9 Å². The molecule has 0 radical (unpaired) electrons. The van der Waals surface area contributed by atoms with Gasteiger partial charge in [0.1, 0.15) is 13.2 Å². The van der Waals surface area contributed by atoms with Crippen molar-refractivity contribution in [1.29, 1.82) is 0 Å². The largest absolute Gasteiger partial charge is 0.486 e. The first-order chi connectivity index (χ1) is 14.8. The molecule has 1 aromatic heterocycles. The Labute approximate surface area is 175 Å². The molecule has 2 aliphatic rings. The number of carbonyl (C=O) groups excluding carboxylic acids is 1. The lowest BCUT2D eigenvalue weighted by Gasteiger charge is -2.22. The Morgan fingerprint density at radius 3 is 2.70 bits per heavy atom. The fourth-order valence-corrected chi connectivity index (χ4v) is 3.67. The van der Waals surface area contributed by atoms with Gasteiger partial charge in [0.2, 0.25) is 5.91 Å². The highest BCUT2D eigenvalue weighted by Crippen LogP contribution is 2.43. The number of ether oxygens (including phenoxy) is 2. The van der Waals surface area contributed by atoms with Crippen LogP contribution >= 0.6 is 0 Å². The summed E-state index contributed by atoms with van der Waals surface area (Å²) in [6, 6.07) is 15.8. The second-order valence-corrected chi connectivity index (χ2v) is 7.61. The molecule has 152 valence electrons. The van der Waals surface area contributed by atoms with Gasteiger partial charge in [-0.05, 0) is 54.7 Å². The Morgan fingerprint density at radius 1 is 1.10 bits per heavy atom. The van der Waals surface area contributed by atoms with Crippen LogP contribution in [0.15, 0.2) is 67.0 Å². The zero-order chi connectivity index (χ0) is 20.3. The molecule has 30 heavy (non-hydrogen) atoms. The van der Waals surface area contributed by atoms with E-state index in [2.05, 4.69) is 10.4 Å². The molecule has 1 fully saturated rings. The molecule has 1 atom stereocenters. The Kier molecular flexibility index (Phi) is 4.97. The summed E-state index contributed by atoms with van der Waals surface area (Å²) in [5.74, 6) is 1.86. The van der Waals surface area contributed by atoms with Crippen LogP contribution in [0.2, 0.25) is 0 Å². The lowest BCUT2D eigenvalue weighted by molar-refractivity contribution is -0.117. The van der Waals surface area contributed by atoms with Crippen LogP contribution in [0.25, 0.3) is 11.8 Å².